The van der Waals surface area contributed by atoms with Gasteiger partial charge in [0, 0.05) is 14.2 Å². The molecule has 26 heavy (non-hydrogen) atoms. The van der Waals surface area contributed by atoms with Gasteiger partial charge in [0.05, 0.1) is 12.4 Å². The lowest BCUT2D eigenvalue weighted by Crippen LogP contribution is -2.35. The van der Waals surface area contributed by atoms with Gasteiger partial charge >= 0.3 is 7.82 Å². The molecule has 2 aromatic rings. The van der Waals surface area contributed by atoms with Crippen LogP contribution in [0.4, 0.5) is 11.8 Å². The van der Waals surface area contributed by atoms with Crippen molar-refractivity contribution in [3.63, 3.8) is 0 Å². The number of anilines is 2. The van der Waals surface area contributed by atoms with Crippen molar-refractivity contribution in [3.8, 4) is 0 Å². The van der Waals surface area contributed by atoms with E-state index >= 15 is 0 Å². The number of methoxy groups -OCH3 is 1. The molecule has 1 aliphatic heterocycles. The van der Waals surface area contributed by atoms with E-state index in [1.807, 2.05) is 6.92 Å². The van der Waals surface area contributed by atoms with Crippen LogP contribution in [0, 0.1) is 0 Å². The summed E-state index contributed by atoms with van der Waals surface area (Å²) >= 11 is 0. The fraction of sp³-hybridized carbons (Fsp3) is 0.615. The summed E-state index contributed by atoms with van der Waals surface area (Å²) in [5.74, 6) is 0.125. The Hall–Kier alpha value is -1.82. The standard InChI is InChI=1S/C13H21N6O6P/c1-4-6-8(25-26(20,21)23-3)9(22-2)12(24-6)19-5-16-7-10(14)17-13(15)18-11(7)19/h5-6,8-9,12H,4H2,1-3H3,(H,20,21)(H4,14,15,17,18)/t6-,8?,9+,12-/m1/s1. The molecule has 13 heteroatoms. The number of fused-ring (bicyclic) bond motifs is 1. The summed E-state index contributed by atoms with van der Waals surface area (Å²) in [4.78, 5) is 21.9. The van der Waals surface area contributed by atoms with Gasteiger partial charge in [-0.25, -0.2) is 9.55 Å². The first-order valence-electron chi connectivity index (χ1n) is 7.82. The van der Waals surface area contributed by atoms with Crippen LogP contribution < -0.4 is 11.5 Å². The van der Waals surface area contributed by atoms with Crippen LogP contribution in [-0.4, -0.2) is 56.9 Å². The van der Waals surface area contributed by atoms with E-state index in [4.69, 9.17) is 25.5 Å². The van der Waals surface area contributed by atoms with Gasteiger partial charge in [0.25, 0.3) is 0 Å². The summed E-state index contributed by atoms with van der Waals surface area (Å²) < 4.78 is 34.7. The summed E-state index contributed by atoms with van der Waals surface area (Å²) in [5, 5.41) is 0. The summed E-state index contributed by atoms with van der Waals surface area (Å²) in [7, 11) is -1.71. The summed E-state index contributed by atoms with van der Waals surface area (Å²) in [6.07, 6.45) is -0.850. The molecule has 0 spiro atoms. The first-order valence-corrected chi connectivity index (χ1v) is 9.31. The largest absolute Gasteiger partial charge is 0.472 e. The number of phosphoric ester groups is 1. The predicted molar refractivity (Wildman–Crippen MR) is 90.9 cm³/mol. The number of hydrogen-bond acceptors (Lipinski definition) is 10. The number of imidazole rings is 1. The monoisotopic (exact) mass is 388 g/mol. The highest BCUT2D eigenvalue weighted by molar-refractivity contribution is 7.47. The van der Waals surface area contributed by atoms with Crippen LogP contribution >= 0.6 is 7.82 Å². The van der Waals surface area contributed by atoms with E-state index in [0.717, 1.165) is 7.11 Å². The van der Waals surface area contributed by atoms with Crippen molar-refractivity contribution in [3.05, 3.63) is 6.33 Å². The number of rotatable bonds is 6. The highest BCUT2D eigenvalue weighted by atomic mass is 31.2. The quantitative estimate of drug-likeness (QED) is 0.587. The molecule has 0 radical (unpaired) electrons. The minimum Gasteiger partial charge on any atom is -0.382 e. The first-order chi connectivity index (χ1) is 12.3. The molecule has 5 N–H and O–H groups in total. The maximum absolute atomic E-state index is 11.9. The molecule has 5 atom stereocenters. The smallest absolute Gasteiger partial charge is 0.382 e. The number of nitrogen functional groups attached to an aromatic ring is 2. The predicted octanol–water partition coefficient (Wildman–Crippen LogP) is 0.445. The maximum atomic E-state index is 11.9. The molecular formula is C13H21N6O6P. The maximum Gasteiger partial charge on any atom is 0.472 e. The number of phosphoric acid groups is 1. The zero-order chi connectivity index (χ0) is 19.1. The summed E-state index contributed by atoms with van der Waals surface area (Å²) in [5.41, 5.74) is 12.2. The molecular weight excluding hydrogens is 367 g/mol. The number of aromatic nitrogens is 4. The molecule has 2 unspecified atom stereocenters. The molecule has 0 aromatic carbocycles. The van der Waals surface area contributed by atoms with Gasteiger partial charge in [0.1, 0.15) is 17.7 Å². The van der Waals surface area contributed by atoms with Gasteiger partial charge in [-0.1, -0.05) is 6.92 Å². The molecule has 144 valence electrons. The van der Waals surface area contributed by atoms with Crippen LogP contribution in [0.1, 0.15) is 19.6 Å². The zero-order valence-corrected chi connectivity index (χ0v) is 15.4. The lowest BCUT2D eigenvalue weighted by atomic mass is 10.1. The number of ether oxygens (including phenoxy) is 2. The Morgan fingerprint density at radius 3 is 2.69 bits per heavy atom. The molecule has 0 bridgehead atoms. The van der Waals surface area contributed by atoms with Gasteiger partial charge < -0.3 is 25.8 Å². The second-order valence-electron chi connectivity index (χ2n) is 5.69. The third kappa shape index (κ3) is 3.27. The topological polar surface area (TPSA) is 170 Å². The van der Waals surface area contributed by atoms with Crippen molar-refractivity contribution < 1.29 is 28.0 Å². The van der Waals surface area contributed by atoms with Crippen LogP contribution in [0.5, 0.6) is 0 Å². The van der Waals surface area contributed by atoms with E-state index in [-0.39, 0.29) is 11.8 Å². The van der Waals surface area contributed by atoms with Gasteiger partial charge in [-0.05, 0) is 6.42 Å². The summed E-state index contributed by atoms with van der Waals surface area (Å²) in [6, 6.07) is 0. The third-order valence-electron chi connectivity index (χ3n) is 4.19. The fourth-order valence-electron chi connectivity index (χ4n) is 2.98. The fourth-order valence-corrected chi connectivity index (χ4v) is 3.63. The molecule has 2 aromatic heterocycles. The second-order valence-corrected chi connectivity index (χ2v) is 7.20. The van der Waals surface area contributed by atoms with Crippen molar-refractivity contribution >= 4 is 30.8 Å². The Bertz CT molecular complexity index is 846. The van der Waals surface area contributed by atoms with Crippen molar-refractivity contribution in [1.29, 1.82) is 0 Å². The second kappa shape index (κ2) is 7.06. The zero-order valence-electron chi connectivity index (χ0n) is 14.5. The van der Waals surface area contributed by atoms with E-state index in [1.165, 1.54) is 13.4 Å². The van der Waals surface area contributed by atoms with Gasteiger partial charge in [-0.15, -0.1) is 0 Å². The molecule has 0 amide bonds. The van der Waals surface area contributed by atoms with Gasteiger partial charge in [-0.3, -0.25) is 13.6 Å². The van der Waals surface area contributed by atoms with E-state index in [0.29, 0.717) is 17.6 Å². The Kier molecular flexibility index (Phi) is 5.15. The van der Waals surface area contributed by atoms with Crippen LogP contribution in [-0.2, 0) is 23.1 Å². The molecule has 0 aliphatic carbocycles. The van der Waals surface area contributed by atoms with Crippen molar-refractivity contribution in [2.45, 2.75) is 37.9 Å². The van der Waals surface area contributed by atoms with Crippen LogP contribution in [0.25, 0.3) is 11.2 Å². The number of nitrogens with zero attached hydrogens (tertiary/aromatic N) is 4. The van der Waals surface area contributed by atoms with Gasteiger partial charge in [-0.2, -0.15) is 9.97 Å². The van der Waals surface area contributed by atoms with E-state index in [9.17, 15) is 9.46 Å². The minimum atomic E-state index is -4.24. The van der Waals surface area contributed by atoms with Crippen LogP contribution in [0.2, 0.25) is 0 Å². The Labute approximate surface area is 149 Å². The SMILES string of the molecule is CC[C@H]1O[C@@H](n2cnc3c(N)nc(N)nc32)[C@@H](OC)C1OP(=O)(O)OC. The number of nitrogens with two attached hydrogens (primary N) is 2. The van der Waals surface area contributed by atoms with E-state index in [2.05, 4.69) is 19.5 Å². The van der Waals surface area contributed by atoms with Crippen molar-refractivity contribution in [2.75, 3.05) is 25.7 Å². The molecule has 1 fully saturated rings. The molecule has 0 saturated carbocycles. The van der Waals surface area contributed by atoms with Gasteiger partial charge in [0.15, 0.2) is 17.7 Å². The highest BCUT2D eigenvalue weighted by Gasteiger charge is 2.49. The normalized spacial score (nSPS) is 28.5. The Balaban J connectivity index is 2.01. The van der Waals surface area contributed by atoms with Crippen molar-refractivity contribution in [2.24, 2.45) is 0 Å². The average Bonchev–Trinajstić information content (AvgIpc) is 3.15. The first kappa shape index (κ1) is 19.0. The Morgan fingerprint density at radius 2 is 2.08 bits per heavy atom. The number of hydrogen-bond donors (Lipinski definition) is 3. The minimum absolute atomic E-state index is 0.0113. The van der Waals surface area contributed by atoms with Crippen LogP contribution in [0.3, 0.4) is 0 Å². The Morgan fingerprint density at radius 1 is 1.35 bits per heavy atom. The van der Waals surface area contributed by atoms with Crippen LogP contribution in [0.15, 0.2) is 6.33 Å². The molecule has 12 nitrogen and oxygen atoms in total. The molecule has 3 rings (SSSR count). The average molecular weight is 388 g/mol. The van der Waals surface area contributed by atoms with E-state index < -0.39 is 32.4 Å². The highest BCUT2D eigenvalue weighted by Crippen LogP contribution is 2.48. The molecule has 3 heterocycles. The summed E-state index contributed by atoms with van der Waals surface area (Å²) in [6.45, 7) is 1.86. The molecule has 1 aliphatic rings. The lowest BCUT2D eigenvalue weighted by molar-refractivity contribution is -0.0497. The van der Waals surface area contributed by atoms with E-state index in [1.54, 1.807) is 4.57 Å². The van der Waals surface area contributed by atoms with Gasteiger partial charge in [0.2, 0.25) is 5.95 Å². The van der Waals surface area contributed by atoms with Crippen molar-refractivity contribution in [1.82, 2.24) is 19.5 Å². The third-order valence-corrected chi connectivity index (χ3v) is 5.16. The lowest BCUT2D eigenvalue weighted by Gasteiger charge is -2.24. The molecule has 1 saturated heterocycles.